The Labute approximate surface area is 171 Å². The number of nitrogens with zero attached hydrogens (tertiary/aromatic N) is 2. The molecule has 1 aliphatic heterocycles. The zero-order valence-electron chi connectivity index (χ0n) is 17.6. The van der Waals surface area contributed by atoms with Gasteiger partial charge in [0, 0.05) is 0 Å². The minimum Gasteiger partial charge on any atom is -0.394 e. The molecule has 1 aliphatic rings. The Morgan fingerprint density at radius 1 is 0.931 bits per heavy atom. The van der Waals surface area contributed by atoms with Crippen LogP contribution in [0.5, 0.6) is 0 Å². The third kappa shape index (κ3) is 16.9. The summed E-state index contributed by atoms with van der Waals surface area (Å²) in [6, 6.07) is 0. The highest BCUT2D eigenvalue weighted by molar-refractivity contribution is 4.93. The van der Waals surface area contributed by atoms with E-state index in [0.29, 0.717) is 5.92 Å². The fourth-order valence-electron chi connectivity index (χ4n) is 3.60. The Balaban J connectivity index is 0. The van der Waals surface area contributed by atoms with Crippen LogP contribution >= 0.6 is 0 Å². The Bertz CT molecular complexity index is 406. The van der Waals surface area contributed by atoms with E-state index in [4.69, 9.17) is 35.4 Å². The molecular formula is C18H38N2O9. The smallest absolute Gasteiger partial charge is 0.291 e. The van der Waals surface area contributed by atoms with Crippen LogP contribution in [-0.4, -0.2) is 55.7 Å². The molecular weight excluding hydrogens is 388 g/mol. The summed E-state index contributed by atoms with van der Waals surface area (Å²) < 4.78 is 6.10. The molecule has 0 aliphatic carbocycles. The molecule has 1 fully saturated rings. The van der Waals surface area contributed by atoms with Crippen molar-refractivity contribution in [2.45, 2.75) is 96.2 Å². The minimum atomic E-state index is -1.50. The Morgan fingerprint density at radius 2 is 1.41 bits per heavy atom. The van der Waals surface area contributed by atoms with Gasteiger partial charge < -0.3 is 25.4 Å². The van der Waals surface area contributed by atoms with Crippen molar-refractivity contribution in [3.63, 3.8) is 0 Å². The van der Waals surface area contributed by atoms with Crippen molar-refractivity contribution in [1.82, 2.24) is 0 Å². The molecule has 3 unspecified atom stereocenters. The summed E-state index contributed by atoms with van der Waals surface area (Å²) in [6.07, 6.45) is 12.8. The Hall–Kier alpha value is -1.72. The first kappa shape index (κ1) is 29.5. The highest BCUT2D eigenvalue weighted by Gasteiger charge is 2.44. The van der Waals surface area contributed by atoms with Crippen LogP contribution in [0, 0.1) is 26.1 Å². The molecule has 11 nitrogen and oxygen atoms in total. The third-order valence-corrected chi connectivity index (χ3v) is 4.94. The highest BCUT2D eigenvalue weighted by atomic mass is 16.9. The van der Waals surface area contributed by atoms with Gasteiger partial charge in [-0.2, -0.15) is 0 Å². The van der Waals surface area contributed by atoms with E-state index in [9.17, 15) is 10.2 Å². The maximum atomic E-state index is 9.81. The number of hydrogen-bond acceptors (Lipinski definition) is 7. The van der Waals surface area contributed by atoms with Gasteiger partial charge in [0.25, 0.3) is 10.2 Å². The van der Waals surface area contributed by atoms with E-state index in [-0.39, 0.29) is 24.9 Å². The van der Waals surface area contributed by atoms with E-state index in [0.717, 1.165) is 25.7 Å². The summed E-state index contributed by atoms with van der Waals surface area (Å²) in [6.45, 7) is 4.63. The van der Waals surface area contributed by atoms with Crippen LogP contribution in [0.1, 0.15) is 84.5 Å². The van der Waals surface area contributed by atoms with Crippen LogP contribution in [0.2, 0.25) is 0 Å². The third-order valence-electron chi connectivity index (χ3n) is 4.94. The molecule has 0 aromatic rings. The van der Waals surface area contributed by atoms with Gasteiger partial charge in [0.1, 0.15) is 0 Å². The first-order valence-electron chi connectivity index (χ1n) is 10.2. The number of aliphatic hydroxyl groups is 2. The normalized spacial score (nSPS) is 22.8. The van der Waals surface area contributed by atoms with Gasteiger partial charge in [-0.15, -0.1) is 20.2 Å². The predicted molar refractivity (Wildman–Crippen MR) is 105 cm³/mol. The average molecular weight is 427 g/mol. The van der Waals surface area contributed by atoms with E-state index in [1.54, 1.807) is 0 Å². The molecule has 0 amide bonds. The van der Waals surface area contributed by atoms with Crippen molar-refractivity contribution in [2.24, 2.45) is 5.92 Å². The number of hydrogen-bond donors (Lipinski definition) is 4. The molecule has 0 aromatic carbocycles. The molecule has 0 spiro atoms. The van der Waals surface area contributed by atoms with Gasteiger partial charge in [-0.25, -0.2) is 0 Å². The second kappa shape index (κ2) is 18.3. The van der Waals surface area contributed by atoms with Gasteiger partial charge in [-0.05, 0) is 25.2 Å². The van der Waals surface area contributed by atoms with Crippen molar-refractivity contribution in [1.29, 1.82) is 0 Å². The molecule has 1 heterocycles. The van der Waals surface area contributed by atoms with Gasteiger partial charge in [-0.3, -0.25) is 0 Å². The first-order chi connectivity index (χ1) is 13.7. The largest absolute Gasteiger partial charge is 0.394 e. The van der Waals surface area contributed by atoms with Crippen molar-refractivity contribution in [3.8, 4) is 0 Å². The van der Waals surface area contributed by atoms with Gasteiger partial charge >= 0.3 is 0 Å². The van der Waals surface area contributed by atoms with Crippen LogP contribution in [0.4, 0.5) is 0 Å². The lowest BCUT2D eigenvalue weighted by atomic mass is 9.85. The summed E-state index contributed by atoms with van der Waals surface area (Å²) in [7, 11) is 0. The first-order valence-corrected chi connectivity index (χ1v) is 10.2. The lowest BCUT2D eigenvalue weighted by molar-refractivity contribution is -0.742. The van der Waals surface area contributed by atoms with E-state index < -0.39 is 10.2 Å². The molecule has 29 heavy (non-hydrogen) atoms. The Morgan fingerprint density at radius 3 is 1.83 bits per heavy atom. The minimum absolute atomic E-state index is 0.0649. The zero-order valence-corrected chi connectivity index (χ0v) is 17.6. The topological polar surface area (TPSA) is 176 Å². The van der Waals surface area contributed by atoms with Gasteiger partial charge in [-0.1, -0.05) is 65.2 Å². The summed E-state index contributed by atoms with van der Waals surface area (Å²) in [5.41, 5.74) is -0.378. The highest BCUT2D eigenvalue weighted by Crippen LogP contribution is 2.40. The van der Waals surface area contributed by atoms with E-state index in [2.05, 4.69) is 13.8 Å². The SMILES string of the molecule is CCCCCCC1CC(CO)(CCCCCC)OC1CO.O=[N+]([O-])O.O=[N+]([O-])O. The number of ether oxygens (including phenoxy) is 1. The molecule has 174 valence electrons. The maximum absolute atomic E-state index is 9.81. The molecule has 1 saturated heterocycles. The van der Waals surface area contributed by atoms with E-state index in [1.807, 2.05) is 0 Å². The maximum Gasteiger partial charge on any atom is 0.291 e. The fraction of sp³-hybridized carbons (Fsp3) is 1.00. The number of unbranched alkanes of at least 4 members (excludes halogenated alkanes) is 6. The predicted octanol–water partition coefficient (Wildman–Crippen LogP) is 3.36. The number of aliphatic hydroxyl groups excluding tert-OH is 2. The Kier molecular flexibility index (Phi) is 18.6. The summed E-state index contributed by atoms with van der Waals surface area (Å²) in [4.78, 5) is 16.7. The van der Waals surface area contributed by atoms with Crippen molar-refractivity contribution < 1.29 is 35.5 Å². The van der Waals surface area contributed by atoms with Crippen molar-refractivity contribution in [2.75, 3.05) is 13.2 Å². The van der Waals surface area contributed by atoms with E-state index in [1.165, 1.54) is 44.9 Å². The molecule has 0 aromatic heterocycles. The van der Waals surface area contributed by atoms with Crippen LogP contribution in [0.15, 0.2) is 0 Å². The van der Waals surface area contributed by atoms with Crippen molar-refractivity contribution >= 4 is 0 Å². The fourth-order valence-corrected chi connectivity index (χ4v) is 3.60. The lowest BCUT2D eigenvalue weighted by Gasteiger charge is -2.27. The molecule has 0 bridgehead atoms. The van der Waals surface area contributed by atoms with Crippen LogP contribution in [-0.2, 0) is 4.74 Å². The van der Waals surface area contributed by atoms with Gasteiger partial charge in [0.05, 0.1) is 24.9 Å². The van der Waals surface area contributed by atoms with Crippen LogP contribution in [0.3, 0.4) is 0 Å². The standard InChI is InChI=1S/C18H36O3.2HNO3/c1-3-5-7-9-11-16-13-18(15-20,21-17(16)14-19)12-10-8-6-4-2;2*2-1(3)4/h16-17,19-20H,3-15H2,1-2H3;2*(H,2,3,4). The molecule has 0 radical (unpaired) electrons. The molecule has 1 rings (SSSR count). The van der Waals surface area contributed by atoms with Crippen LogP contribution < -0.4 is 0 Å². The summed E-state index contributed by atoms with van der Waals surface area (Å²) in [5, 5.41) is 46.7. The second-order valence-corrected chi connectivity index (χ2v) is 7.28. The van der Waals surface area contributed by atoms with Crippen LogP contribution in [0.25, 0.3) is 0 Å². The molecule has 3 atom stereocenters. The van der Waals surface area contributed by atoms with Gasteiger partial charge in [0.2, 0.25) is 0 Å². The monoisotopic (exact) mass is 426 g/mol. The van der Waals surface area contributed by atoms with Gasteiger partial charge in [0.15, 0.2) is 0 Å². The van der Waals surface area contributed by atoms with E-state index >= 15 is 0 Å². The molecule has 0 saturated carbocycles. The average Bonchev–Trinajstić information content (AvgIpc) is 3.00. The second-order valence-electron chi connectivity index (χ2n) is 7.28. The van der Waals surface area contributed by atoms with Crippen molar-refractivity contribution in [3.05, 3.63) is 20.2 Å². The lowest BCUT2D eigenvalue weighted by Crippen LogP contribution is -2.34. The number of rotatable bonds is 12. The molecule has 11 heteroatoms. The summed E-state index contributed by atoms with van der Waals surface area (Å²) in [5.74, 6) is 0.421. The quantitative estimate of drug-likeness (QED) is 0.207. The zero-order chi connectivity index (χ0) is 22.7. The summed E-state index contributed by atoms with van der Waals surface area (Å²) >= 11 is 0. The molecule has 4 N–H and O–H groups in total.